The molecule has 0 aliphatic heterocycles. The van der Waals surface area contributed by atoms with Crippen LogP contribution in [0.3, 0.4) is 0 Å². The van der Waals surface area contributed by atoms with Gasteiger partial charge in [-0.25, -0.2) is 4.79 Å². The van der Waals surface area contributed by atoms with Gasteiger partial charge in [0.2, 0.25) is 5.91 Å². The second-order valence-corrected chi connectivity index (χ2v) is 6.74. The highest BCUT2D eigenvalue weighted by molar-refractivity contribution is 5.95. The van der Waals surface area contributed by atoms with E-state index >= 15 is 0 Å². The lowest BCUT2D eigenvalue weighted by atomic mass is 10.1. The molecule has 1 heterocycles. The lowest BCUT2D eigenvalue weighted by molar-refractivity contribution is -0.119. The van der Waals surface area contributed by atoms with Crippen molar-refractivity contribution >= 4 is 17.4 Å². The van der Waals surface area contributed by atoms with Crippen LogP contribution in [0.5, 0.6) is 5.75 Å². The lowest BCUT2D eigenvalue weighted by Gasteiger charge is -2.25. The highest BCUT2D eigenvalue weighted by Crippen LogP contribution is 2.25. The maximum atomic E-state index is 13.0. The van der Waals surface area contributed by atoms with E-state index in [1.165, 1.54) is 16.6 Å². The van der Waals surface area contributed by atoms with Gasteiger partial charge in [-0.1, -0.05) is 31.5 Å². The molecule has 1 aromatic heterocycles. The molecule has 3 N–H and O–H groups in total. The normalized spacial score (nSPS) is 10.8. The van der Waals surface area contributed by atoms with Gasteiger partial charge in [0.15, 0.2) is 5.69 Å². The number of carbonyl (C=O) groups excluding carboxylic acids is 1. The number of ether oxygens (including phenoxy) is 2. The smallest absolute Gasteiger partial charge is 0.330 e. The van der Waals surface area contributed by atoms with Crippen molar-refractivity contribution in [1.29, 1.82) is 0 Å². The van der Waals surface area contributed by atoms with E-state index in [1.807, 2.05) is 26.0 Å². The first kappa shape index (κ1) is 23.2. The first-order chi connectivity index (χ1) is 14.4. The van der Waals surface area contributed by atoms with E-state index in [9.17, 15) is 14.4 Å². The number of rotatable bonds is 11. The van der Waals surface area contributed by atoms with Gasteiger partial charge >= 0.3 is 5.69 Å². The van der Waals surface area contributed by atoms with Crippen LogP contribution in [0.1, 0.15) is 38.7 Å². The highest BCUT2D eigenvalue weighted by atomic mass is 16.5. The van der Waals surface area contributed by atoms with Gasteiger partial charge in [-0.3, -0.25) is 24.0 Å². The molecule has 0 bridgehead atoms. The fourth-order valence-corrected chi connectivity index (χ4v) is 3.11. The number of para-hydroxylation sites is 1. The number of nitrogen functional groups attached to an aromatic ring is 1. The van der Waals surface area contributed by atoms with E-state index in [0.29, 0.717) is 30.9 Å². The number of amides is 1. The SMILES string of the molecule is CCCCn1c(N)c(N(Cc2ccccc2OC)C(=O)CCOCC)c(=O)[nH]c1=O. The van der Waals surface area contributed by atoms with Crippen molar-refractivity contribution in [1.82, 2.24) is 9.55 Å². The summed E-state index contributed by atoms with van der Waals surface area (Å²) in [6.45, 7) is 4.92. The fraction of sp³-hybridized carbons (Fsp3) is 0.476. The molecule has 30 heavy (non-hydrogen) atoms. The number of nitrogens with two attached hydrogens (primary N) is 1. The minimum absolute atomic E-state index is 0.0307. The Hall–Kier alpha value is -3.07. The van der Waals surface area contributed by atoms with E-state index in [-0.39, 0.29) is 37.0 Å². The van der Waals surface area contributed by atoms with Crippen molar-refractivity contribution in [2.24, 2.45) is 0 Å². The number of benzene rings is 1. The zero-order valence-electron chi connectivity index (χ0n) is 17.8. The molecule has 0 fully saturated rings. The highest BCUT2D eigenvalue weighted by Gasteiger charge is 2.25. The number of aromatic nitrogens is 2. The van der Waals surface area contributed by atoms with Gasteiger partial charge in [0.1, 0.15) is 11.6 Å². The molecule has 0 aliphatic carbocycles. The summed E-state index contributed by atoms with van der Waals surface area (Å²) in [4.78, 5) is 41.6. The molecule has 0 radical (unpaired) electrons. The summed E-state index contributed by atoms with van der Waals surface area (Å²) in [7, 11) is 1.53. The van der Waals surface area contributed by atoms with E-state index < -0.39 is 11.2 Å². The number of hydrogen-bond donors (Lipinski definition) is 2. The standard InChI is InChI=1S/C21H30N4O5/c1-4-6-12-24-19(22)18(20(27)23-21(24)28)25(17(26)11-13-30-5-2)14-15-9-7-8-10-16(15)29-3/h7-10H,4-6,11-14,22H2,1-3H3,(H,23,27,28). The molecule has 164 valence electrons. The molecular weight excluding hydrogens is 388 g/mol. The number of aromatic amines is 1. The third-order valence-corrected chi connectivity index (χ3v) is 4.71. The Morgan fingerprint density at radius 2 is 1.97 bits per heavy atom. The minimum Gasteiger partial charge on any atom is -0.496 e. The molecule has 0 atom stereocenters. The monoisotopic (exact) mass is 418 g/mol. The zero-order chi connectivity index (χ0) is 22.1. The zero-order valence-corrected chi connectivity index (χ0v) is 17.8. The summed E-state index contributed by atoms with van der Waals surface area (Å²) in [6, 6.07) is 7.21. The first-order valence-corrected chi connectivity index (χ1v) is 10.1. The molecule has 0 spiro atoms. The molecule has 1 amide bonds. The summed E-state index contributed by atoms with van der Waals surface area (Å²) >= 11 is 0. The maximum absolute atomic E-state index is 13.0. The van der Waals surface area contributed by atoms with Gasteiger partial charge in [0.25, 0.3) is 5.56 Å². The number of H-pyrrole nitrogens is 1. The number of hydrogen-bond acceptors (Lipinski definition) is 6. The van der Waals surface area contributed by atoms with Crippen LogP contribution in [0.25, 0.3) is 0 Å². The van der Waals surface area contributed by atoms with Crippen molar-refractivity contribution in [3.63, 3.8) is 0 Å². The van der Waals surface area contributed by atoms with Crippen LogP contribution < -0.4 is 26.6 Å². The quantitative estimate of drug-likeness (QED) is 0.538. The molecule has 0 saturated heterocycles. The number of nitrogens with zero attached hydrogens (tertiary/aromatic N) is 2. The number of unbranched alkanes of at least 4 members (excludes halogenated alkanes) is 1. The number of nitrogens with one attached hydrogen (secondary N) is 1. The molecule has 0 aliphatic rings. The van der Waals surface area contributed by atoms with Gasteiger partial charge < -0.3 is 15.2 Å². The Balaban J connectivity index is 2.54. The molecule has 1 aromatic carbocycles. The van der Waals surface area contributed by atoms with Crippen molar-refractivity contribution < 1.29 is 14.3 Å². The molecule has 2 rings (SSSR count). The Bertz CT molecular complexity index is 967. The predicted molar refractivity (Wildman–Crippen MR) is 116 cm³/mol. The van der Waals surface area contributed by atoms with Crippen molar-refractivity contribution in [3.8, 4) is 5.75 Å². The summed E-state index contributed by atoms with van der Waals surface area (Å²) in [6.07, 6.45) is 1.62. The average Bonchev–Trinajstić information content (AvgIpc) is 2.73. The number of methoxy groups -OCH3 is 1. The van der Waals surface area contributed by atoms with E-state index in [2.05, 4.69) is 4.98 Å². The van der Waals surface area contributed by atoms with Crippen LogP contribution in [0, 0.1) is 0 Å². The Morgan fingerprint density at radius 3 is 2.63 bits per heavy atom. The van der Waals surface area contributed by atoms with Gasteiger partial charge in [-0.05, 0) is 19.4 Å². The summed E-state index contributed by atoms with van der Waals surface area (Å²) in [5.74, 6) is 0.207. The van der Waals surface area contributed by atoms with E-state index in [0.717, 1.165) is 6.42 Å². The second-order valence-electron chi connectivity index (χ2n) is 6.74. The maximum Gasteiger partial charge on any atom is 0.330 e. The Kier molecular flexibility index (Phi) is 8.67. The van der Waals surface area contributed by atoms with E-state index in [1.54, 1.807) is 12.1 Å². The van der Waals surface area contributed by atoms with E-state index in [4.69, 9.17) is 15.2 Å². The lowest BCUT2D eigenvalue weighted by Crippen LogP contribution is -2.41. The van der Waals surface area contributed by atoms with Crippen LogP contribution >= 0.6 is 0 Å². The molecule has 9 nitrogen and oxygen atoms in total. The number of anilines is 2. The van der Waals surface area contributed by atoms with Gasteiger partial charge in [0, 0.05) is 18.7 Å². The van der Waals surface area contributed by atoms with Gasteiger partial charge in [-0.15, -0.1) is 0 Å². The van der Waals surface area contributed by atoms with Crippen molar-refractivity contribution in [3.05, 3.63) is 50.7 Å². The molecule has 0 saturated carbocycles. The van der Waals surface area contributed by atoms with Crippen molar-refractivity contribution in [2.45, 2.75) is 46.2 Å². The number of carbonyl (C=O) groups is 1. The van der Waals surface area contributed by atoms with Crippen LogP contribution in [0.4, 0.5) is 11.5 Å². The van der Waals surface area contributed by atoms with Gasteiger partial charge in [0.05, 0.1) is 26.7 Å². The fourth-order valence-electron chi connectivity index (χ4n) is 3.11. The minimum atomic E-state index is -0.704. The summed E-state index contributed by atoms with van der Waals surface area (Å²) < 4.78 is 12.0. The Labute approximate surface area is 175 Å². The molecule has 9 heteroatoms. The van der Waals surface area contributed by atoms with Crippen LogP contribution in [-0.4, -0.2) is 35.8 Å². The third-order valence-electron chi connectivity index (χ3n) is 4.71. The second kappa shape index (κ2) is 11.2. The van der Waals surface area contributed by atoms with Crippen LogP contribution in [-0.2, 0) is 22.6 Å². The van der Waals surface area contributed by atoms with Crippen LogP contribution in [0.15, 0.2) is 33.9 Å². The Morgan fingerprint density at radius 1 is 1.23 bits per heavy atom. The topological polar surface area (TPSA) is 120 Å². The molecular formula is C21H30N4O5. The summed E-state index contributed by atoms with van der Waals surface area (Å²) in [5.41, 5.74) is 5.60. The van der Waals surface area contributed by atoms with Gasteiger partial charge in [-0.2, -0.15) is 0 Å². The van der Waals surface area contributed by atoms with Crippen molar-refractivity contribution in [2.75, 3.05) is 31.0 Å². The molecule has 0 unspecified atom stereocenters. The summed E-state index contributed by atoms with van der Waals surface area (Å²) in [5, 5.41) is 0. The first-order valence-electron chi connectivity index (χ1n) is 10.1. The predicted octanol–water partition coefficient (Wildman–Crippen LogP) is 1.89. The largest absolute Gasteiger partial charge is 0.496 e. The molecule has 2 aromatic rings. The third kappa shape index (κ3) is 5.50. The average molecular weight is 418 g/mol. The van der Waals surface area contributed by atoms with Crippen LogP contribution in [0.2, 0.25) is 0 Å².